The Hall–Kier alpha value is -0.630. The molecule has 7 atom stereocenters. The highest BCUT2D eigenvalue weighted by Gasteiger charge is 2.67. The minimum Gasteiger partial charge on any atom is -0.323 e. The Morgan fingerprint density at radius 1 is 1.15 bits per heavy atom. The fraction of sp³-hybridized carbons (Fsp3) is 0.500. The molecule has 27 heavy (non-hydrogen) atoms. The van der Waals surface area contributed by atoms with Gasteiger partial charge in [-0.15, -0.1) is 0 Å². The summed E-state index contributed by atoms with van der Waals surface area (Å²) in [5.74, 6) is -1.43. The monoisotopic (exact) mass is 536 g/mol. The van der Waals surface area contributed by atoms with E-state index >= 15 is 0 Å². The molecule has 1 aromatic carbocycles. The van der Waals surface area contributed by atoms with E-state index in [9.17, 15) is 14.4 Å². The highest BCUT2D eigenvalue weighted by molar-refractivity contribution is 9.12. The number of hydrogen-bond donors (Lipinski definition) is 1. The first kappa shape index (κ1) is 19.7. The van der Waals surface area contributed by atoms with Crippen LogP contribution in [0.1, 0.15) is 13.3 Å². The number of likely N-dealkylation sites (tertiary alicyclic amines) is 1. The van der Waals surface area contributed by atoms with Gasteiger partial charge in [0.25, 0.3) is 0 Å². The van der Waals surface area contributed by atoms with Gasteiger partial charge in [0, 0.05) is 9.65 Å². The molecular weight excluding hydrogens is 523 g/mol. The second kappa shape index (κ2) is 7.01. The van der Waals surface area contributed by atoms with Crippen molar-refractivity contribution in [2.24, 2.45) is 23.7 Å². The average Bonchev–Trinajstić information content (AvgIpc) is 3.23. The zero-order valence-electron chi connectivity index (χ0n) is 14.2. The maximum Gasteiger partial charge on any atom is 0.247 e. The Morgan fingerprint density at radius 3 is 2.26 bits per heavy atom. The second-order valence-electron chi connectivity index (χ2n) is 7.32. The predicted molar refractivity (Wildman–Crippen MR) is 110 cm³/mol. The van der Waals surface area contributed by atoms with Crippen molar-refractivity contribution < 1.29 is 14.4 Å². The van der Waals surface area contributed by atoms with Crippen molar-refractivity contribution in [1.29, 1.82) is 0 Å². The van der Waals surface area contributed by atoms with Gasteiger partial charge < -0.3 is 5.32 Å². The lowest BCUT2D eigenvalue weighted by Gasteiger charge is -2.28. The number of nitrogens with one attached hydrogen (secondary N) is 1. The van der Waals surface area contributed by atoms with E-state index in [0.29, 0.717) is 10.7 Å². The minimum atomic E-state index is -0.924. The van der Waals surface area contributed by atoms with Crippen LogP contribution in [0.2, 0.25) is 10.0 Å². The lowest BCUT2D eigenvalue weighted by molar-refractivity contribution is -0.146. The minimum absolute atomic E-state index is 0.114. The molecule has 9 heteroatoms. The molecule has 4 rings (SSSR count). The highest BCUT2D eigenvalue weighted by Crippen LogP contribution is 2.60. The van der Waals surface area contributed by atoms with Gasteiger partial charge in [0.1, 0.15) is 6.04 Å². The Morgan fingerprint density at radius 2 is 1.70 bits per heavy atom. The number of hydrogen-bond acceptors (Lipinski definition) is 3. The molecule has 1 saturated heterocycles. The molecule has 3 amide bonds. The molecule has 2 aliphatic carbocycles. The molecule has 144 valence electrons. The fourth-order valence-electron chi connectivity index (χ4n) is 4.71. The number of carbonyl (C=O) groups excluding carboxylic acids is 3. The van der Waals surface area contributed by atoms with Crippen molar-refractivity contribution in [2.75, 3.05) is 5.32 Å². The number of imide groups is 1. The molecule has 2 saturated carbocycles. The average molecular weight is 539 g/mol. The first-order chi connectivity index (χ1) is 12.7. The van der Waals surface area contributed by atoms with Crippen LogP contribution in [0.4, 0.5) is 5.69 Å². The number of alkyl halides is 2. The quantitative estimate of drug-likeness (QED) is 0.465. The van der Waals surface area contributed by atoms with Crippen LogP contribution in [-0.4, -0.2) is 38.3 Å². The summed E-state index contributed by atoms with van der Waals surface area (Å²) in [5, 5.41) is 3.20. The van der Waals surface area contributed by atoms with Crippen LogP contribution in [0, 0.1) is 23.7 Å². The summed E-state index contributed by atoms with van der Waals surface area (Å²) in [6.45, 7) is 1.56. The van der Waals surface area contributed by atoms with Gasteiger partial charge in [-0.1, -0.05) is 61.1 Å². The van der Waals surface area contributed by atoms with E-state index in [0.717, 1.165) is 11.3 Å². The molecule has 0 spiro atoms. The van der Waals surface area contributed by atoms with Gasteiger partial charge in [0.15, 0.2) is 0 Å². The molecule has 0 radical (unpaired) electrons. The normalized spacial score (nSPS) is 35.5. The number of benzene rings is 1. The van der Waals surface area contributed by atoms with Gasteiger partial charge in [-0.2, -0.15) is 0 Å². The third kappa shape index (κ3) is 2.88. The van der Waals surface area contributed by atoms with Crippen LogP contribution >= 0.6 is 55.1 Å². The highest BCUT2D eigenvalue weighted by atomic mass is 79.9. The standard InChI is InChI=1S/C18H16Br2Cl2N2O3/c1-6(16(25)23-10-4-2-3-9(21)15(10)22)24-17(26)11-7-5-8(12(11)18(24)27)14(20)13(7)19/h2-4,6-8,11-14H,5H2,1H3,(H,23,25)/t6-,7-,8-,11-,12-,13-,14+/m1/s1. The second-order valence-corrected chi connectivity index (χ2v) is 10.2. The summed E-state index contributed by atoms with van der Waals surface area (Å²) < 4.78 is 0. The third-order valence-electron chi connectivity index (χ3n) is 6.00. The SMILES string of the molecule is C[C@H](C(=O)Nc1cccc(Cl)c1Cl)N1C(=O)[C@@H]2[C@H]3C[C@@H]([C@@H](Br)[C@H]3Br)[C@H]2C1=O. The van der Waals surface area contributed by atoms with Gasteiger partial charge in [-0.3, -0.25) is 19.3 Å². The maximum absolute atomic E-state index is 13.0. The van der Waals surface area contributed by atoms with Crippen LogP contribution in [-0.2, 0) is 14.4 Å². The summed E-state index contributed by atoms with van der Waals surface area (Å²) in [4.78, 5) is 40.2. The number of fused-ring (bicyclic) bond motifs is 5. The molecule has 1 aromatic rings. The van der Waals surface area contributed by atoms with Crippen LogP contribution in [0.3, 0.4) is 0 Å². The van der Waals surface area contributed by atoms with Crippen molar-refractivity contribution in [1.82, 2.24) is 4.90 Å². The zero-order valence-corrected chi connectivity index (χ0v) is 18.8. The summed E-state index contributed by atoms with van der Waals surface area (Å²) in [7, 11) is 0. The molecule has 1 heterocycles. The summed E-state index contributed by atoms with van der Waals surface area (Å²) in [6.07, 6.45) is 0.852. The van der Waals surface area contributed by atoms with E-state index in [4.69, 9.17) is 23.2 Å². The van der Waals surface area contributed by atoms with E-state index in [1.165, 1.54) is 0 Å². The van der Waals surface area contributed by atoms with Crippen molar-refractivity contribution in [3.8, 4) is 0 Å². The van der Waals surface area contributed by atoms with Crippen molar-refractivity contribution in [3.63, 3.8) is 0 Å². The van der Waals surface area contributed by atoms with Gasteiger partial charge in [-0.05, 0) is 37.3 Å². The van der Waals surface area contributed by atoms with E-state index in [1.54, 1.807) is 25.1 Å². The van der Waals surface area contributed by atoms with Crippen LogP contribution < -0.4 is 5.32 Å². The number of carbonyl (C=O) groups is 3. The lowest BCUT2D eigenvalue weighted by Crippen LogP contribution is -2.46. The zero-order chi connectivity index (χ0) is 19.6. The number of rotatable bonds is 3. The predicted octanol–water partition coefficient (Wildman–Crippen LogP) is 4.10. The van der Waals surface area contributed by atoms with Crippen LogP contribution in [0.5, 0.6) is 0 Å². The Labute approximate surface area is 183 Å². The fourth-order valence-corrected chi connectivity index (χ4v) is 6.93. The topological polar surface area (TPSA) is 66.5 Å². The van der Waals surface area contributed by atoms with Gasteiger partial charge in [0.2, 0.25) is 17.7 Å². The number of amides is 3. The number of nitrogens with zero attached hydrogens (tertiary/aromatic N) is 1. The van der Waals surface area contributed by atoms with Crippen LogP contribution in [0.25, 0.3) is 0 Å². The van der Waals surface area contributed by atoms with Gasteiger partial charge in [0.05, 0.1) is 27.6 Å². The number of halogens is 4. The first-order valence-corrected chi connectivity index (χ1v) is 11.2. The summed E-state index contributed by atoms with van der Waals surface area (Å²) in [6, 6.07) is 3.97. The molecule has 3 aliphatic rings. The Kier molecular flexibility index (Phi) is 5.11. The van der Waals surface area contributed by atoms with Gasteiger partial charge in [-0.25, -0.2) is 0 Å². The largest absolute Gasteiger partial charge is 0.323 e. The Balaban J connectivity index is 1.55. The number of anilines is 1. The molecule has 0 unspecified atom stereocenters. The van der Waals surface area contributed by atoms with Crippen molar-refractivity contribution in [2.45, 2.75) is 29.0 Å². The molecule has 5 nitrogen and oxygen atoms in total. The van der Waals surface area contributed by atoms with E-state index in [2.05, 4.69) is 37.2 Å². The van der Waals surface area contributed by atoms with Gasteiger partial charge >= 0.3 is 0 Å². The molecule has 0 aromatic heterocycles. The van der Waals surface area contributed by atoms with Crippen LogP contribution in [0.15, 0.2) is 18.2 Å². The first-order valence-electron chi connectivity index (χ1n) is 8.64. The van der Waals surface area contributed by atoms with E-state index in [-0.39, 0.29) is 50.2 Å². The summed E-state index contributed by atoms with van der Waals surface area (Å²) >= 11 is 19.4. The molecule has 2 bridgehead atoms. The molecule has 1 aliphatic heterocycles. The molecular formula is C18H16Br2Cl2N2O3. The smallest absolute Gasteiger partial charge is 0.247 e. The third-order valence-corrected chi connectivity index (χ3v) is 10.0. The molecule has 1 N–H and O–H groups in total. The Bertz CT molecular complexity index is 820. The molecule has 3 fully saturated rings. The summed E-state index contributed by atoms with van der Waals surface area (Å²) in [5.41, 5.74) is 0.349. The maximum atomic E-state index is 13.0. The van der Waals surface area contributed by atoms with Crippen molar-refractivity contribution >= 4 is 78.5 Å². The van der Waals surface area contributed by atoms with E-state index < -0.39 is 11.9 Å². The van der Waals surface area contributed by atoms with Crippen molar-refractivity contribution in [3.05, 3.63) is 28.2 Å². The lowest BCUT2D eigenvalue weighted by atomic mass is 9.81. The van der Waals surface area contributed by atoms with E-state index in [1.807, 2.05) is 0 Å².